The lowest BCUT2D eigenvalue weighted by molar-refractivity contribution is -0.121. The van der Waals surface area contributed by atoms with Gasteiger partial charge in [0.1, 0.15) is 0 Å². The van der Waals surface area contributed by atoms with Crippen LogP contribution in [0.2, 0.25) is 0 Å². The average Bonchev–Trinajstić information content (AvgIpc) is 2.42. The van der Waals surface area contributed by atoms with Gasteiger partial charge >= 0.3 is 0 Å². The summed E-state index contributed by atoms with van der Waals surface area (Å²) in [6.45, 7) is 6.12. The van der Waals surface area contributed by atoms with Gasteiger partial charge in [-0.3, -0.25) is 4.79 Å². The molecule has 0 radical (unpaired) electrons. The molecule has 1 aromatic rings. The van der Waals surface area contributed by atoms with Gasteiger partial charge in [0.05, 0.1) is 5.71 Å². The molecule has 104 valence electrons. The normalized spacial score (nSPS) is 11.4. The molecule has 0 aromatic heterocycles. The molecule has 0 atom stereocenters. The lowest BCUT2D eigenvalue weighted by Crippen LogP contribution is -2.18. The van der Waals surface area contributed by atoms with E-state index in [0.29, 0.717) is 6.42 Å². The van der Waals surface area contributed by atoms with Crippen LogP contribution in [-0.2, 0) is 4.79 Å². The quantitative estimate of drug-likeness (QED) is 0.452. The minimum absolute atomic E-state index is 0.00237. The van der Waals surface area contributed by atoms with Gasteiger partial charge in [-0.25, -0.2) is 5.43 Å². The molecule has 0 aliphatic heterocycles. The van der Waals surface area contributed by atoms with Gasteiger partial charge in [0.2, 0.25) is 5.91 Å². The Morgan fingerprint density at radius 1 is 1.16 bits per heavy atom. The fourth-order valence-corrected chi connectivity index (χ4v) is 1.77. The van der Waals surface area contributed by atoms with E-state index in [1.165, 1.54) is 18.4 Å². The molecule has 0 fully saturated rings. The second-order valence-corrected chi connectivity index (χ2v) is 4.91. The maximum absolute atomic E-state index is 11.6. The van der Waals surface area contributed by atoms with Crippen molar-refractivity contribution in [2.24, 2.45) is 5.10 Å². The summed E-state index contributed by atoms with van der Waals surface area (Å²) in [4.78, 5) is 11.6. The molecule has 0 heterocycles. The number of benzene rings is 1. The van der Waals surface area contributed by atoms with Crippen molar-refractivity contribution in [3.05, 3.63) is 35.4 Å². The number of nitrogens with one attached hydrogen (secondary N) is 1. The van der Waals surface area contributed by atoms with E-state index in [1.807, 2.05) is 38.1 Å². The maximum Gasteiger partial charge on any atom is 0.240 e. The van der Waals surface area contributed by atoms with E-state index < -0.39 is 0 Å². The van der Waals surface area contributed by atoms with E-state index in [2.05, 4.69) is 17.5 Å². The lowest BCUT2D eigenvalue weighted by atomic mass is 10.1. The third-order valence-corrected chi connectivity index (χ3v) is 3.08. The highest BCUT2D eigenvalue weighted by Gasteiger charge is 2.01. The number of hydrazone groups is 1. The second-order valence-electron chi connectivity index (χ2n) is 4.91. The first kappa shape index (κ1) is 15.4. The highest BCUT2D eigenvalue weighted by molar-refractivity contribution is 5.99. The summed E-state index contributed by atoms with van der Waals surface area (Å²) in [5.74, 6) is 0.00237. The summed E-state index contributed by atoms with van der Waals surface area (Å²) in [6, 6.07) is 8.12. The number of hydrogen-bond acceptors (Lipinski definition) is 2. The lowest BCUT2D eigenvalue weighted by Gasteiger charge is -2.03. The van der Waals surface area contributed by atoms with Gasteiger partial charge in [0.25, 0.3) is 0 Å². The smallest absolute Gasteiger partial charge is 0.240 e. The number of unbranched alkanes of at least 4 members (excludes halogenated alkanes) is 3. The van der Waals surface area contributed by atoms with E-state index >= 15 is 0 Å². The Balaban J connectivity index is 2.38. The number of rotatable bonds is 7. The molecular weight excluding hydrogens is 236 g/mol. The van der Waals surface area contributed by atoms with Crippen LogP contribution in [0.5, 0.6) is 0 Å². The van der Waals surface area contributed by atoms with Gasteiger partial charge in [-0.05, 0) is 25.8 Å². The van der Waals surface area contributed by atoms with E-state index in [0.717, 1.165) is 24.1 Å². The molecule has 0 aliphatic carbocycles. The number of amides is 1. The molecule has 0 spiro atoms. The van der Waals surface area contributed by atoms with Crippen molar-refractivity contribution < 1.29 is 4.79 Å². The second kappa shape index (κ2) is 8.46. The van der Waals surface area contributed by atoms with Crippen LogP contribution in [0, 0.1) is 6.92 Å². The van der Waals surface area contributed by atoms with Gasteiger partial charge in [-0.1, -0.05) is 56.0 Å². The summed E-state index contributed by atoms with van der Waals surface area (Å²) in [5.41, 5.74) is 5.71. The fraction of sp³-hybridized carbons (Fsp3) is 0.500. The third kappa shape index (κ3) is 6.18. The Bertz CT molecular complexity index is 421. The van der Waals surface area contributed by atoms with Crippen LogP contribution in [0.25, 0.3) is 0 Å². The first-order chi connectivity index (χ1) is 9.13. The highest BCUT2D eigenvalue weighted by Crippen LogP contribution is 2.05. The number of aryl methyl sites for hydroxylation is 1. The summed E-state index contributed by atoms with van der Waals surface area (Å²) in [6.07, 6.45) is 5.00. The van der Waals surface area contributed by atoms with Crippen molar-refractivity contribution in [2.45, 2.75) is 52.9 Å². The van der Waals surface area contributed by atoms with Crippen LogP contribution >= 0.6 is 0 Å². The van der Waals surface area contributed by atoms with Crippen molar-refractivity contribution >= 4 is 11.6 Å². The first-order valence-corrected chi connectivity index (χ1v) is 7.03. The average molecular weight is 260 g/mol. The zero-order valence-corrected chi connectivity index (χ0v) is 12.2. The van der Waals surface area contributed by atoms with Gasteiger partial charge in [-0.15, -0.1) is 0 Å². The van der Waals surface area contributed by atoms with Crippen LogP contribution < -0.4 is 5.43 Å². The Labute approximate surface area is 116 Å². The molecule has 3 heteroatoms. The summed E-state index contributed by atoms with van der Waals surface area (Å²) in [7, 11) is 0. The first-order valence-electron chi connectivity index (χ1n) is 7.03. The van der Waals surface area contributed by atoms with Gasteiger partial charge in [0, 0.05) is 6.42 Å². The summed E-state index contributed by atoms with van der Waals surface area (Å²) >= 11 is 0. The molecule has 0 aliphatic rings. The summed E-state index contributed by atoms with van der Waals surface area (Å²) in [5, 5.41) is 4.14. The number of carbonyl (C=O) groups excluding carboxylic acids is 1. The van der Waals surface area contributed by atoms with Crippen LogP contribution in [0.4, 0.5) is 0 Å². The monoisotopic (exact) mass is 260 g/mol. The van der Waals surface area contributed by atoms with Gasteiger partial charge < -0.3 is 0 Å². The molecule has 1 amide bonds. The molecule has 19 heavy (non-hydrogen) atoms. The molecular formula is C16H24N2O. The van der Waals surface area contributed by atoms with Crippen molar-refractivity contribution in [3.63, 3.8) is 0 Å². The predicted molar refractivity (Wildman–Crippen MR) is 80.3 cm³/mol. The number of nitrogens with zero attached hydrogens (tertiary/aromatic N) is 1. The molecule has 1 rings (SSSR count). The Hall–Kier alpha value is -1.64. The van der Waals surface area contributed by atoms with E-state index in [-0.39, 0.29) is 5.91 Å². The van der Waals surface area contributed by atoms with Crippen LogP contribution in [0.1, 0.15) is 57.1 Å². The Kier molecular flexibility index (Phi) is 6.86. The van der Waals surface area contributed by atoms with Crippen molar-refractivity contribution in [1.82, 2.24) is 5.43 Å². The molecule has 0 saturated carbocycles. The van der Waals surface area contributed by atoms with Crippen molar-refractivity contribution in [2.75, 3.05) is 0 Å². The fourth-order valence-electron chi connectivity index (χ4n) is 1.77. The molecule has 3 nitrogen and oxygen atoms in total. The Morgan fingerprint density at radius 3 is 2.47 bits per heavy atom. The van der Waals surface area contributed by atoms with E-state index in [1.54, 1.807) is 0 Å². The molecule has 1 aromatic carbocycles. The predicted octanol–water partition coefficient (Wildman–Crippen LogP) is 3.81. The largest absolute Gasteiger partial charge is 0.273 e. The maximum atomic E-state index is 11.6. The topological polar surface area (TPSA) is 41.5 Å². The third-order valence-electron chi connectivity index (χ3n) is 3.08. The van der Waals surface area contributed by atoms with Crippen LogP contribution in [0.3, 0.4) is 0 Å². The zero-order chi connectivity index (χ0) is 14.1. The number of carbonyl (C=O) groups is 1. The van der Waals surface area contributed by atoms with Gasteiger partial charge in [0.15, 0.2) is 0 Å². The Morgan fingerprint density at radius 2 is 1.84 bits per heavy atom. The SMILES string of the molecule is CCCCCCC(=O)N/N=C(\C)c1ccc(C)cc1. The highest BCUT2D eigenvalue weighted by atomic mass is 16.2. The minimum atomic E-state index is 0.00237. The molecule has 0 unspecified atom stereocenters. The number of hydrogen-bond donors (Lipinski definition) is 1. The van der Waals surface area contributed by atoms with Gasteiger partial charge in [-0.2, -0.15) is 5.10 Å². The standard InChI is InChI=1S/C16H24N2O/c1-4-5-6-7-8-16(19)18-17-14(3)15-11-9-13(2)10-12-15/h9-12H,4-8H2,1-3H3,(H,18,19)/b17-14+. The van der Waals surface area contributed by atoms with Crippen LogP contribution in [0.15, 0.2) is 29.4 Å². The summed E-state index contributed by atoms with van der Waals surface area (Å²) < 4.78 is 0. The van der Waals surface area contributed by atoms with Crippen molar-refractivity contribution in [3.8, 4) is 0 Å². The molecule has 0 saturated heterocycles. The van der Waals surface area contributed by atoms with Crippen molar-refractivity contribution in [1.29, 1.82) is 0 Å². The zero-order valence-electron chi connectivity index (χ0n) is 12.2. The van der Waals surface area contributed by atoms with E-state index in [9.17, 15) is 4.79 Å². The minimum Gasteiger partial charge on any atom is -0.273 e. The molecule has 0 bridgehead atoms. The molecule has 1 N–H and O–H groups in total. The van der Waals surface area contributed by atoms with Crippen LogP contribution in [-0.4, -0.2) is 11.6 Å². The van der Waals surface area contributed by atoms with E-state index in [4.69, 9.17) is 0 Å².